The van der Waals surface area contributed by atoms with Gasteiger partial charge in [-0.15, -0.1) is 0 Å². The van der Waals surface area contributed by atoms with Gasteiger partial charge >= 0.3 is 0 Å². The predicted octanol–water partition coefficient (Wildman–Crippen LogP) is 3.70. The van der Waals surface area contributed by atoms with E-state index in [4.69, 9.17) is 9.26 Å². The zero-order chi connectivity index (χ0) is 26.7. The van der Waals surface area contributed by atoms with Gasteiger partial charge in [0.2, 0.25) is 23.4 Å². The number of aryl methyl sites for hydroxylation is 1. The van der Waals surface area contributed by atoms with Gasteiger partial charge in [-0.25, -0.2) is 0 Å². The number of amides is 2. The van der Waals surface area contributed by atoms with Crippen LogP contribution in [0.4, 0.5) is 0 Å². The lowest BCUT2D eigenvalue weighted by atomic mass is 9.94. The van der Waals surface area contributed by atoms with Crippen LogP contribution in [0.2, 0.25) is 0 Å². The van der Waals surface area contributed by atoms with Gasteiger partial charge in [0, 0.05) is 31.0 Å². The summed E-state index contributed by atoms with van der Waals surface area (Å²) in [5.41, 5.74) is 1.88. The number of nitrogens with zero attached hydrogens (tertiary/aromatic N) is 3. The van der Waals surface area contributed by atoms with Gasteiger partial charge in [0.25, 0.3) is 5.89 Å². The largest absolute Gasteiger partial charge is 0.378 e. The van der Waals surface area contributed by atoms with Gasteiger partial charge in [-0.3, -0.25) is 14.4 Å². The molecule has 1 fully saturated rings. The quantitative estimate of drug-likeness (QED) is 0.364. The Hall–Kier alpha value is -3.85. The number of carbonyl (C=O) groups is 3. The van der Waals surface area contributed by atoms with Crippen molar-refractivity contribution in [2.75, 3.05) is 26.3 Å². The number of Topliss-reactive ketones (excluding diaryl/α,β-unsaturated/α-hetero) is 1. The van der Waals surface area contributed by atoms with Crippen molar-refractivity contribution in [2.24, 2.45) is 5.92 Å². The van der Waals surface area contributed by atoms with Gasteiger partial charge in [0.05, 0.1) is 19.3 Å². The number of aromatic nitrogens is 2. The third-order valence-electron chi connectivity index (χ3n) is 6.72. The molecule has 9 heteroatoms. The van der Waals surface area contributed by atoms with Crippen molar-refractivity contribution >= 4 is 17.6 Å². The highest BCUT2D eigenvalue weighted by Gasteiger charge is 2.30. The van der Waals surface area contributed by atoms with E-state index in [0.29, 0.717) is 44.7 Å². The van der Waals surface area contributed by atoms with E-state index in [-0.39, 0.29) is 30.0 Å². The second-order valence-corrected chi connectivity index (χ2v) is 9.39. The molecule has 4 rings (SSSR count). The molecule has 38 heavy (non-hydrogen) atoms. The van der Waals surface area contributed by atoms with E-state index in [2.05, 4.69) is 15.5 Å². The molecule has 1 aromatic heterocycles. The zero-order valence-corrected chi connectivity index (χ0v) is 21.7. The van der Waals surface area contributed by atoms with Gasteiger partial charge < -0.3 is 19.5 Å². The molecule has 0 radical (unpaired) electrons. The number of hydrogen-bond acceptors (Lipinski definition) is 7. The van der Waals surface area contributed by atoms with E-state index in [9.17, 15) is 14.4 Å². The summed E-state index contributed by atoms with van der Waals surface area (Å²) in [6, 6.07) is 18.4. The molecule has 1 unspecified atom stereocenters. The first-order chi connectivity index (χ1) is 18.5. The molecule has 0 saturated carbocycles. The number of morpholine rings is 1. The number of benzene rings is 2. The highest BCUT2D eigenvalue weighted by Crippen LogP contribution is 2.19. The summed E-state index contributed by atoms with van der Waals surface area (Å²) >= 11 is 0. The second kappa shape index (κ2) is 13.6. The monoisotopic (exact) mass is 518 g/mol. The molecule has 0 aliphatic carbocycles. The molecule has 9 nitrogen and oxygen atoms in total. The number of ketones is 1. The minimum absolute atomic E-state index is 0.0711. The van der Waals surface area contributed by atoms with Crippen molar-refractivity contribution in [2.45, 2.75) is 45.1 Å². The standard InChI is InChI=1S/C29H34N4O5/c1-2-24(26(35)27-31-29(38-32-27)22-13-7-4-8-14-22)30-28(36)23(15-9-12-21-10-5-3-6-11-21)20-25(34)33-16-18-37-19-17-33/h3-8,10-11,13-14,23-24H,2,9,12,15-20H2,1H3,(H,30,36)/t23?,24-/m0/s1. The molecule has 1 saturated heterocycles. The number of nitrogens with one attached hydrogen (secondary N) is 1. The van der Waals surface area contributed by atoms with Gasteiger partial charge in [-0.1, -0.05) is 60.6 Å². The number of rotatable bonds is 12. The molecule has 0 spiro atoms. The van der Waals surface area contributed by atoms with Crippen LogP contribution in [-0.2, 0) is 20.7 Å². The Kier molecular flexibility index (Phi) is 9.75. The van der Waals surface area contributed by atoms with Crippen molar-refractivity contribution in [1.82, 2.24) is 20.4 Å². The molecule has 2 amide bonds. The van der Waals surface area contributed by atoms with Gasteiger partial charge in [-0.2, -0.15) is 4.98 Å². The molecule has 2 atom stereocenters. The second-order valence-electron chi connectivity index (χ2n) is 9.39. The maximum absolute atomic E-state index is 13.4. The van der Waals surface area contributed by atoms with Crippen LogP contribution in [0, 0.1) is 5.92 Å². The van der Waals surface area contributed by atoms with Crippen LogP contribution in [0.1, 0.15) is 48.8 Å². The Balaban J connectivity index is 1.42. The van der Waals surface area contributed by atoms with Crippen molar-refractivity contribution in [3.63, 3.8) is 0 Å². The third-order valence-corrected chi connectivity index (χ3v) is 6.72. The highest BCUT2D eigenvalue weighted by molar-refractivity contribution is 5.99. The van der Waals surface area contributed by atoms with E-state index >= 15 is 0 Å². The minimum atomic E-state index is -0.821. The number of ether oxygens (including phenoxy) is 1. The maximum atomic E-state index is 13.4. The summed E-state index contributed by atoms with van der Waals surface area (Å²) in [7, 11) is 0. The highest BCUT2D eigenvalue weighted by atomic mass is 16.5. The van der Waals surface area contributed by atoms with Crippen molar-refractivity contribution in [3.8, 4) is 11.5 Å². The van der Waals surface area contributed by atoms with Crippen molar-refractivity contribution in [1.29, 1.82) is 0 Å². The lowest BCUT2D eigenvalue weighted by Crippen LogP contribution is -2.46. The van der Waals surface area contributed by atoms with E-state index < -0.39 is 17.7 Å². The molecule has 0 bridgehead atoms. The Morgan fingerprint density at radius 1 is 1.00 bits per heavy atom. The summed E-state index contributed by atoms with van der Waals surface area (Å²) < 4.78 is 10.6. The first kappa shape index (κ1) is 27.2. The Bertz CT molecular complexity index is 1190. The SMILES string of the molecule is CC[C@H](NC(=O)C(CCCc1ccccc1)CC(=O)N1CCOCC1)C(=O)c1noc(-c2ccccc2)n1. The van der Waals surface area contributed by atoms with Crippen LogP contribution >= 0.6 is 0 Å². The topological polar surface area (TPSA) is 115 Å². The summed E-state index contributed by atoms with van der Waals surface area (Å²) in [4.78, 5) is 45.5. The molecule has 3 aromatic rings. The lowest BCUT2D eigenvalue weighted by Gasteiger charge is -2.28. The number of carbonyl (C=O) groups excluding carboxylic acids is 3. The maximum Gasteiger partial charge on any atom is 0.258 e. The van der Waals surface area contributed by atoms with E-state index in [1.807, 2.05) is 67.6 Å². The lowest BCUT2D eigenvalue weighted by molar-refractivity contribution is -0.139. The van der Waals surface area contributed by atoms with E-state index in [0.717, 1.165) is 12.8 Å². The predicted molar refractivity (Wildman–Crippen MR) is 141 cm³/mol. The average Bonchev–Trinajstić information content (AvgIpc) is 3.47. The Labute approximate surface area is 222 Å². The average molecular weight is 519 g/mol. The molecule has 200 valence electrons. The third kappa shape index (κ3) is 7.35. The van der Waals surface area contributed by atoms with Crippen LogP contribution in [-0.4, -0.2) is 65.0 Å². The van der Waals surface area contributed by atoms with Crippen LogP contribution in [0.25, 0.3) is 11.5 Å². The number of hydrogen-bond donors (Lipinski definition) is 1. The smallest absolute Gasteiger partial charge is 0.258 e. The molecule has 2 heterocycles. The van der Waals surface area contributed by atoms with Crippen molar-refractivity contribution < 1.29 is 23.6 Å². The van der Waals surface area contributed by atoms with Crippen LogP contribution < -0.4 is 5.32 Å². The molecule has 1 N–H and O–H groups in total. The normalized spacial score (nSPS) is 15.0. The van der Waals surface area contributed by atoms with Crippen molar-refractivity contribution in [3.05, 3.63) is 72.1 Å². The Morgan fingerprint density at radius 2 is 1.68 bits per heavy atom. The first-order valence-corrected chi connectivity index (χ1v) is 13.2. The minimum Gasteiger partial charge on any atom is -0.378 e. The van der Waals surface area contributed by atoms with E-state index in [1.165, 1.54) is 5.56 Å². The summed E-state index contributed by atoms with van der Waals surface area (Å²) in [6.07, 6.45) is 2.52. The molecule has 2 aromatic carbocycles. The zero-order valence-electron chi connectivity index (χ0n) is 21.7. The van der Waals surface area contributed by atoms with Gasteiger partial charge in [-0.05, 0) is 43.4 Å². The van der Waals surface area contributed by atoms with Crippen LogP contribution in [0.5, 0.6) is 0 Å². The van der Waals surface area contributed by atoms with Gasteiger partial charge in [0.1, 0.15) is 0 Å². The first-order valence-electron chi connectivity index (χ1n) is 13.2. The molecule has 1 aliphatic heterocycles. The fourth-order valence-electron chi connectivity index (χ4n) is 4.50. The Morgan fingerprint density at radius 3 is 2.37 bits per heavy atom. The summed E-state index contributed by atoms with van der Waals surface area (Å²) in [5, 5.41) is 6.71. The fraction of sp³-hybridized carbons (Fsp3) is 0.414. The summed E-state index contributed by atoms with van der Waals surface area (Å²) in [6.45, 7) is 3.85. The molecule has 1 aliphatic rings. The molecular formula is C29H34N4O5. The van der Waals surface area contributed by atoms with Crippen LogP contribution in [0.15, 0.2) is 65.2 Å². The fourth-order valence-corrected chi connectivity index (χ4v) is 4.50. The van der Waals surface area contributed by atoms with Gasteiger partial charge in [0.15, 0.2) is 0 Å². The van der Waals surface area contributed by atoms with E-state index in [1.54, 1.807) is 4.90 Å². The van der Waals surface area contributed by atoms with Crippen LogP contribution in [0.3, 0.4) is 0 Å². The molecular weight excluding hydrogens is 484 g/mol. The summed E-state index contributed by atoms with van der Waals surface area (Å²) in [5.74, 6) is -1.20.